The number of benzene rings is 3. The van der Waals surface area contributed by atoms with Gasteiger partial charge in [-0.25, -0.2) is 4.98 Å². The second-order valence-corrected chi connectivity index (χ2v) is 22.4. The molecular weight excluding hydrogens is 579 g/mol. The van der Waals surface area contributed by atoms with E-state index in [1.165, 1.54) is 16.3 Å². The number of aromatic nitrogens is 3. The molecule has 46 heavy (non-hydrogen) atoms. The average Bonchev–Trinajstić information content (AvgIpc) is 3.26. The fourth-order valence-corrected chi connectivity index (χ4v) is 7.14. The lowest BCUT2D eigenvalue weighted by molar-refractivity contribution is 0.446. The van der Waals surface area contributed by atoms with Gasteiger partial charge in [0, 0.05) is 29.9 Å². The van der Waals surface area contributed by atoms with Gasteiger partial charge in [-0.15, -0.1) is 0 Å². The van der Waals surface area contributed by atoms with E-state index in [1.54, 1.807) is 0 Å². The summed E-state index contributed by atoms with van der Waals surface area (Å²) >= 11 is 0. The third-order valence-corrected chi connectivity index (χ3v) is 11.2. The summed E-state index contributed by atoms with van der Waals surface area (Å²) in [6.45, 7) is 29.2. The van der Waals surface area contributed by atoms with Crippen molar-refractivity contribution < 1.29 is 5.11 Å². The van der Waals surface area contributed by atoms with Gasteiger partial charge in [0.25, 0.3) is 0 Å². The fourth-order valence-electron chi connectivity index (χ4n) is 5.99. The number of aryl methyl sites for hydroxylation is 2. The molecule has 0 unspecified atom stereocenters. The zero-order valence-corrected chi connectivity index (χ0v) is 31.6. The van der Waals surface area contributed by atoms with Crippen LogP contribution in [0.1, 0.15) is 84.6 Å². The van der Waals surface area contributed by atoms with Crippen LogP contribution in [0.2, 0.25) is 19.6 Å². The largest absolute Gasteiger partial charge is 0.507 e. The highest BCUT2D eigenvalue weighted by atomic mass is 28.3. The van der Waals surface area contributed by atoms with Crippen LogP contribution in [0.5, 0.6) is 5.75 Å². The molecule has 0 bridgehead atoms. The lowest BCUT2D eigenvalue weighted by atomic mass is 9.79. The van der Waals surface area contributed by atoms with Gasteiger partial charge < -0.3 is 9.67 Å². The number of rotatable bonds is 4. The molecule has 3 aromatic carbocycles. The highest BCUT2D eigenvalue weighted by molar-refractivity contribution is 6.88. The first kappa shape index (κ1) is 33.7. The molecule has 0 saturated heterocycles. The number of pyridine rings is 1. The van der Waals surface area contributed by atoms with E-state index < -0.39 is 8.07 Å². The molecule has 0 atom stereocenters. The summed E-state index contributed by atoms with van der Waals surface area (Å²) in [6, 6.07) is 20.2. The fraction of sp³-hybridized carbons (Fsp3) is 0.415. The van der Waals surface area contributed by atoms with Crippen LogP contribution in [-0.2, 0) is 23.3 Å². The molecule has 0 amide bonds. The Labute approximate surface area is 278 Å². The van der Waals surface area contributed by atoms with Crippen LogP contribution in [0.4, 0.5) is 0 Å². The van der Waals surface area contributed by atoms with Crippen molar-refractivity contribution >= 4 is 24.3 Å². The van der Waals surface area contributed by atoms with Crippen molar-refractivity contribution in [2.45, 2.75) is 105 Å². The molecule has 0 radical (unpaired) electrons. The smallest absolute Gasteiger partial charge is 0.144 e. The molecule has 0 aliphatic carbocycles. The van der Waals surface area contributed by atoms with Gasteiger partial charge in [0.05, 0.1) is 30.4 Å². The van der Waals surface area contributed by atoms with E-state index in [2.05, 4.69) is 155 Å². The first-order chi connectivity index (χ1) is 21.1. The van der Waals surface area contributed by atoms with Gasteiger partial charge in [0.15, 0.2) is 0 Å². The van der Waals surface area contributed by atoms with Crippen molar-refractivity contribution in [3.63, 3.8) is 0 Å². The Kier molecular flexibility index (Phi) is 8.21. The van der Waals surface area contributed by atoms with Gasteiger partial charge >= 0.3 is 0 Å². The number of imidazole rings is 1. The SMILES string of the molecule is Cc1ccc(-c2cc(-c3cc([Si](C)(C)C)cc4c3nc(-c3cc(C(C)(C)C)cc(C(C)(C)C)c3O)n4C)cc(C(C)(C)C)c2)nc1. The van der Waals surface area contributed by atoms with Crippen LogP contribution in [0.15, 0.2) is 60.8 Å². The van der Waals surface area contributed by atoms with E-state index in [4.69, 9.17) is 9.97 Å². The number of hydrogen-bond acceptors (Lipinski definition) is 3. The number of nitrogens with zero attached hydrogens (tertiary/aromatic N) is 3. The maximum absolute atomic E-state index is 11.8. The summed E-state index contributed by atoms with van der Waals surface area (Å²) in [5.74, 6) is 1.10. The molecule has 5 rings (SSSR count). The van der Waals surface area contributed by atoms with Crippen LogP contribution in [0.25, 0.3) is 44.8 Å². The molecule has 0 spiro atoms. The predicted octanol–water partition coefficient (Wildman–Crippen LogP) is 10.4. The Balaban J connectivity index is 1.88. The highest BCUT2D eigenvalue weighted by Crippen LogP contribution is 2.43. The Morgan fingerprint density at radius 2 is 1.30 bits per heavy atom. The summed E-state index contributed by atoms with van der Waals surface area (Å²) < 4.78 is 2.19. The number of aromatic hydroxyl groups is 1. The van der Waals surface area contributed by atoms with E-state index in [0.717, 1.165) is 55.9 Å². The molecule has 0 saturated carbocycles. The molecule has 5 heteroatoms. The van der Waals surface area contributed by atoms with Crippen molar-refractivity contribution in [2.24, 2.45) is 7.05 Å². The molecule has 242 valence electrons. The van der Waals surface area contributed by atoms with Crippen LogP contribution < -0.4 is 5.19 Å². The Morgan fingerprint density at radius 1 is 0.696 bits per heavy atom. The summed E-state index contributed by atoms with van der Waals surface area (Å²) in [7, 11) is 0.370. The second-order valence-electron chi connectivity index (χ2n) is 17.3. The van der Waals surface area contributed by atoms with Gasteiger partial charge in [-0.2, -0.15) is 0 Å². The molecule has 2 heterocycles. The van der Waals surface area contributed by atoms with Crippen molar-refractivity contribution in [2.75, 3.05) is 0 Å². The van der Waals surface area contributed by atoms with Crippen LogP contribution in [0, 0.1) is 6.92 Å². The van der Waals surface area contributed by atoms with Crippen molar-refractivity contribution in [3.05, 3.63) is 83.0 Å². The lowest BCUT2D eigenvalue weighted by Gasteiger charge is -2.27. The Hall–Kier alpha value is -3.70. The molecule has 5 aromatic rings. The third kappa shape index (κ3) is 6.44. The quantitative estimate of drug-likeness (QED) is 0.201. The Morgan fingerprint density at radius 3 is 1.85 bits per heavy atom. The summed E-state index contributed by atoms with van der Waals surface area (Å²) in [6.07, 6.45) is 1.94. The van der Waals surface area contributed by atoms with Crippen molar-refractivity contribution in [1.29, 1.82) is 0 Å². The first-order valence-corrected chi connectivity index (χ1v) is 20.0. The zero-order chi connectivity index (χ0) is 34.1. The second kappa shape index (κ2) is 11.2. The van der Waals surface area contributed by atoms with Crippen molar-refractivity contribution in [1.82, 2.24) is 14.5 Å². The summed E-state index contributed by atoms with van der Waals surface area (Å²) in [4.78, 5) is 10.2. The average molecular weight is 632 g/mol. The van der Waals surface area contributed by atoms with E-state index in [0.29, 0.717) is 5.75 Å². The van der Waals surface area contributed by atoms with Gasteiger partial charge in [-0.3, -0.25) is 4.98 Å². The lowest BCUT2D eigenvalue weighted by Crippen LogP contribution is -2.37. The molecule has 0 aliphatic rings. The maximum atomic E-state index is 11.8. The maximum Gasteiger partial charge on any atom is 0.144 e. The summed E-state index contributed by atoms with van der Waals surface area (Å²) in [5.41, 5.74) is 11.3. The van der Waals surface area contributed by atoms with E-state index >= 15 is 0 Å². The van der Waals surface area contributed by atoms with Crippen LogP contribution in [0.3, 0.4) is 0 Å². The standard InChI is InChI=1S/C41H53N3OSi/c1-25-15-16-34(42-24-25)27-17-26(18-28(19-27)39(2,3)4)31-22-30(46(12,13)14)23-35-36(31)43-38(44(35)11)32-20-29(40(5,6)7)21-33(37(32)45)41(8,9)10/h15-24,45H,1-14H3. The van der Waals surface area contributed by atoms with Crippen molar-refractivity contribution in [3.8, 4) is 39.5 Å². The van der Waals surface area contributed by atoms with Gasteiger partial charge in [0.1, 0.15) is 11.6 Å². The van der Waals surface area contributed by atoms with Gasteiger partial charge in [0.2, 0.25) is 0 Å². The van der Waals surface area contributed by atoms with Crippen LogP contribution in [-0.4, -0.2) is 27.7 Å². The number of hydrogen-bond donors (Lipinski definition) is 1. The zero-order valence-electron chi connectivity index (χ0n) is 30.6. The Bertz CT molecular complexity index is 1940. The predicted molar refractivity (Wildman–Crippen MR) is 200 cm³/mol. The van der Waals surface area contributed by atoms with Gasteiger partial charge in [-0.1, -0.05) is 111 Å². The molecule has 0 aliphatic heterocycles. The minimum Gasteiger partial charge on any atom is -0.507 e. The number of phenolic OH excluding ortho intramolecular Hbond substituents is 1. The number of fused-ring (bicyclic) bond motifs is 1. The highest BCUT2D eigenvalue weighted by Gasteiger charge is 2.29. The van der Waals surface area contributed by atoms with Gasteiger partial charge in [-0.05, 0) is 75.8 Å². The first-order valence-electron chi connectivity index (χ1n) is 16.5. The molecular formula is C41H53N3OSi. The third-order valence-electron chi connectivity index (χ3n) is 9.19. The summed E-state index contributed by atoms with van der Waals surface area (Å²) in [5, 5.41) is 13.2. The number of phenols is 1. The monoisotopic (exact) mass is 631 g/mol. The molecule has 2 aromatic heterocycles. The topological polar surface area (TPSA) is 50.9 Å². The minimum atomic E-state index is -1.72. The normalized spacial score (nSPS) is 13.1. The minimum absolute atomic E-state index is 0.0528. The molecule has 1 N–H and O–H groups in total. The van der Waals surface area contributed by atoms with Crippen LogP contribution >= 0.6 is 0 Å². The van der Waals surface area contributed by atoms with E-state index in [-0.39, 0.29) is 16.2 Å². The van der Waals surface area contributed by atoms with E-state index in [9.17, 15) is 5.11 Å². The van der Waals surface area contributed by atoms with E-state index in [1.807, 2.05) is 6.20 Å². The molecule has 0 fully saturated rings. The molecule has 4 nitrogen and oxygen atoms in total.